The number of H-pyrrole nitrogens is 1. The van der Waals surface area contributed by atoms with Gasteiger partial charge in [-0.3, -0.25) is 20.0 Å². The van der Waals surface area contributed by atoms with E-state index in [4.69, 9.17) is 14.7 Å². The topological polar surface area (TPSA) is 143 Å². The Balaban J connectivity index is 1.16. The first-order chi connectivity index (χ1) is 16.5. The van der Waals surface area contributed by atoms with Crippen LogP contribution in [-0.4, -0.2) is 46.0 Å². The van der Waals surface area contributed by atoms with E-state index < -0.39 is 24.1 Å². The first-order valence-corrected chi connectivity index (χ1v) is 10.9. The van der Waals surface area contributed by atoms with Crippen LogP contribution in [0, 0.1) is 5.92 Å². The van der Waals surface area contributed by atoms with E-state index in [9.17, 15) is 14.4 Å². The van der Waals surface area contributed by atoms with Crippen LogP contribution < -0.4 is 10.8 Å². The van der Waals surface area contributed by atoms with Gasteiger partial charge in [0.2, 0.25) is 0 Å². The second kappa shape index (κ2) is 8.99. The second-order valence-corrected chi connectivity index (χ2v) is 8.26. The third kappa shape index (κ3) is 4.35. The number of rotatable bonds is 8. The lowest BCUT2D eigenvalue weighted by molar-refractivity contribution is -0.155. The second-order valence-electron chi connectivity index (χ2n) is 8.26. The molecule has 2 amide bonds. The van der Waals surface area contributed by atoms with Gasteiger partial charge in [-0.15, -0.1) is 0 Å². The maximum Gasteiger partial charge on any atom is 0.412 e. The van der Waals surface area contributed by atoms with E-state index in [1.807, 2.05) is 36.4 Å². The molecular formula is C24H22N4O6. The van der Waals surface area contributed by atoms with Crippen molar-refractivity contribution >= 4 is 23.8 Å². The number of carbonyl (C=O) groups excluding carboxylic acids is 2. The SMILES string of the molecule is O=C(Nc1cc(C(=O)NOC(C(=O)O)C2CC2)[nH]n1)OCC1c2ccccc2-c2ccccc21. The van der Waals surface area contributed by atoms with Gasteiger partial charge >= 0.3 is 12.1 Å². The van der Waals surface area contributed by atoms with Crippen LogP contribution in [0.15, 0.2) is 54.6 Å². The number of aromatic amines is 1. The van der Waals surface area contributed by atoms with Crippen molar-refractivity contribution in [2.45, 2.75) is 24.9 Å². The fourth-order valence-corrected chi connectivity index (χ4v) is 4.16. The summed E-state index contributed by atoms with van der Waals surface area (Å²) >= 11 is 0. The van der Waals surface area contributed by atoms with Crippen molar-refractivity contribution in [2.75, 3.05) is 11.9 Å². The molecule has 174 valence electrons. The normalized spacial score (nSPS) is 15.2. The van der Waals surface area contributed by atoms with E-state index in [0.717, 1.165) is 35.1 Å². The zero-order valence-corrected chi connectivity index (χ0v) is 18.0. The summed E-state index contributed by atoms with van der Waals surface area (Å²) in [5, 5.41) is 18.0. The number of fused-ring (bicyclic) bond motifs is 3. The summed E-state index contributed by atoms with van der Waals surface area (Å²) in [6, 6.07) is 17.3. The number of amides is 2. The van der Waals surface area contributed by atoms with Gasteiger partial charge in [0.1, 0.15) is 12.3 Å². The number of carboxylic acid groups (broad SMARTS) is 1. The van der Waals surface area contributed by atoms with Crippen LogP contribution in [0.5, 0.6) is 0 Å². The number of benzene rings is 2. The van der Waals surface area contributed by atoms with Crippen molar-refractivity contribution in [3.8, 4) is 11.1 Å². The Morgan fingerprint density at radius 3 is 2.32 bits per heavy atom. The Hall–Kier alpha value is -4.18. The van der Waals surface area contributed by atoms with Gasteiger partial charge in [-0.25, -0.2) is 15.1 Å². The number of ether oxygens (including phenoxy) is 1. The third-order valence-corrected chi connectivity index (χ3v) is 5.97. The average molecular weight is 462 g/mol. The number of hydrogen-bond donors (Lipinski definition) is 4. The molecule has 4 N–H and O–H groups in total. The lowest BCUT2D eigenvalue weighted by Crippen LogP contribution is -2.35. The number of nitrogens with one attached hydrogen (secondary N) is 3. The molecule has 0 aliphatic heterocycles. The van der Waals surface area contributed by atoms with Gasteiger partial charge in [-0.1, -0.05) is 48.5 Å². The predicted octanol–water partition coefficient (Wildman–Crippen LogP) is 3.30. The molecule has 34 heavy (non-hydrogen) atoms. The van der Waals surface area contributed by atoms with Gasteiger partial charge in [-0.05, 0) is 41.0 Å². The van der Waals surface area contributed by atoms with Gasteiger partial charge in [-0.2, -0.15) is 5.10 Å². The lowest BCUT2D eigenvalue weighted by atomic mass is 9.98. The van der Waals surface area contributed by atoms with Gasteiger partial charge in [0.05, 0.1) is 0 Å². The molecule has 0 radical (unpaired) electrons. The molecule has 1 fully saturated rings. The standard InChI is InChI=1S/C24H22N4O6/c29-22(28-34-21(23(30)31)13-9-10-13)19-11-20(27-26-19)25-24(32)33-12-18-16-7-3-1-5-14(16)15-6-2-4-8-17(15)18/h1-8,11,13,18,21H,9-10,12H2,(H,28,29)(H,30,31)(H2,25,26,27,32). The maximum atomic E-state index is 12.4. The van der Waals surface area contributed by atoms with Crippen LogP contribution in [0.25, 0.3) is 11.1 Å². The highest BCUT2D eigenvalue weighted by Gasteiger charge is 2.38. The van der Waals surface area contributed by atoms with Crippen molar-refractivity contribution in [3.05, 3.63) is 71.4 Å². The fourth-order valence-electron chi connectivity index (χ4n) is 4.16. The predicted molar refractivity (Wildman–Crippen MR) is 120 cm³/mol. The number of carboxylic acids is 1. The van der Waals surface area contributed by atoms with Gasteiger partial charge in [0.25, 0.3) is 5.91 Å². The summed E-state index contributed by atoms with van der Waals surface area (Å²) in [5.41, 5.74) is 6.56. The monoisotopic (exact) mass is 462 g/mol. The lowest BCUT2D eigenvalue weighted by Gasteiger charge is -2.14. The van der Waals surface area contributed by atoms with Crippen molar-refractivity contribution in [1.29, 1.82) is 0 Å². The van der Waals surface area contributed by atoms with Gasteiger partial charge in [0.15, 0.2) is 11.9 Å². The molecule has 3 aromatic rings. The van der Waals surface area contributed by atoms with Gasteiger partial charge < -0.3 is 9.84 Å². The molecule has 0 spiro atoms. The largest absolute Gasteiger partial charge is 0.479 e. The summed E-state index contributed by atoms with van der Waals surface area (Å²) in [6.07, 6.45) is -0.322. The molecule has 0 bridgehead atoms. The number of carbonyl (C=O) groups is 3. The van der Waals surface area contributed by atoms with E-state index >= 15 is 0 Å². The number of aliphatic carboxylic acids is 1. The highest BCUT2D eigenvalue weighted by atomic mass is 16.7. The van der Waals surface area contributed by atoms with Gasteiger partial charge in [0, 0.05) is 12.0 Å². The van der Waals surface area contributed by atoms with E-state index in [2.05, 4.69) is 33.1 Å². The molecule has 2 aromatic carbocycles. The molecule has 2 aliphatic rings. The fraction of sp³-hybridized carbons (Fsp3) is 0.250. The molecule has 1 atom stereocenters. The average Bonchev–Trinajstić information content (AvgIpc) is 3.47. The minimum atomic E-state index is -1.13. The quantitative estimate of drug-likeness (QED) is 0.376. The molecule has 0 saturated heterocycles. The molecule has 10 nitrogen and oxygen atoms in total. The van der Waals surface area contributed by atoms with Crippen LogP contribution in [0.3, 0.4) is 0 Å². The van der Waals surface area contributed by atoms with Crippen LogP contribution in [-0.2, 0) is 14.4 Å². The zero-order valence-electron chi connectivity index (χ0n) is 18.0. The molecule has 1 heterocycles. The molecule has 2 aliphatic carbocycles. The summed E-state index contributed by atoms with van der Waals surface area (Å²) in [7, 11) is 0. The Labute approximate surface area is 194 Å². The summed E-state index contributed by atoms with van der Waals surface area (Å²) in [6.45, 7) is 0.142. The van der Waals surface area contributed by atoms with E-state index in [1.165, 1.54) is 6.07 Å². The van der Waals surface area contributed by atoms with E-state index in [1.54, 1.807) is 0 Å². The number of nitrogens with zero attached hydrogens (tertiary/aromatic N) is 1. The molecule has 10 heteroatoms. The summed E-state index contributed by atoms with van der Waals surface area (Å²) in [5.74, 6) is -1.95. The van der Waals surface area contributed by atoms with E-state index in [0.29, 0.717) is 0 Å². The molecule has 5 rings (SSSR count). The Bertz CT molecular complexity index is 1210. The van der Waals surface area contributed by atoms with Crippen LogP contribution in [0.4, 0.5) is 10.6 Å². The summed E-state index contributed by atoms with van der Waals surface area (Å²) < 4.78 is 5.46. The molecule has 1 saturated carbocycles. The van der Waals surface area contributed by atoms with Crippen LogP contribution >= 0.6 is 0 Å². The number of hydrogen-bond acceptors (Lipinski definition) is 6. The minimum Gasteiger partial charge on any atom is -0.479 e. The third-order valence-electron chi connectivity index (χ3n) is 5.97. The highest BCUT2D eigenvalue weighted by molar-refractivity contribution is 5.93. The smallest absolute Gasteiger partial charge is 0.412 e. The number of anilines is 1. The van der Waals surface area contributed by atoms with Crippen LogP contribution in [0.1, 0.15) is 40.4 Å². The van der Waals surface area contributed by atoms with Crippen molar-refractivity contribution in [2.24, 2.45) is 5.92 Å². The first kappa shape index (κ1) is 21.7. The molecule has 1 unspecified atom stereocenters. The summed E-state index contributed by atoms with van der Waals surface area (Å²) in [4.78, 5) is 40.8. The zero-order chi connectivity index (χ0) is 23.7. The van der Waals surface area contributed by atoms with Crippen molar-refractivity contribution in [1.82, 2.24) is 15.7 Å². The Kier molecular flexibility index (Phi) is 5.72. The first-order valence-electron chi connectivity index (χ1n) is 10.9. The van der Waals surface area contributed by atoms with Crippen molar-refractivity contribution in [3.63, 3.8) is 0 Å². The molecular weight excluding hydrogens is 440 g/mol. The number of aromatic nitrogens is 2. The highest BCUT2D eigenvalue weighted by Crippen LogP contribution is 2.44. The van der Waals surface area contributed by atoms with Crippen LogP contribution in [0.2, 0.25) is 0 Å². The molecule has 1 aromatic heterocycles. The Morgan fingerprint density at radius 1 is 1.06 bits per heavy atom. The van der Waals surface area contributed by atoms with E-state index in [-0.39, 0.29) is 30.0 Å². The minimum absolute atomic E-state index is 0.00566. The van der Waals surface area contributed by atoms with Crippen molar-refractivity contribution < 1.29 is 29.1 Å². The Morgan fingerprint density at radius 2 is 1.71 bits per heavy atom. The number of hydroxylamine groups is 1. The maximum absolute atomic E-state index is 12.4.